The van der Waals surface area contributed by atoms with E-state index in [1.54, 1.807) is 0 Å². The second kappa shape index (κ2) is 9.02. The summed E-state index contributed by atoms with van der Waals surface area (Å²) in [6.07, 6.45) is 6.53. The molecular formula is C20H31ClN2O2. The van der Waals surface area contributed by atoms with Crippen LogP contribution < -0.4 is 5.73 Å². The lowest BCUT2D eigenvalue weighted by Gasteiger charge is -2.42. The third-order valence-electron chi connectivity index (χ3n) is 5.75. The fourth-order valence-corrected chi connectivity index (χ4v) is 4.21. The molecule has 0 spiro atoms. The van der Waals surface area contributed by atoms with Crippen molar-refractivity contribution in [3.8, 4) is 0 Å². The number of rotatable bonds is 4. The molecule has 1 amide bonds. The molecule has 4 nitrogen and oxygen atoms in total. The molecule has 1 aromatic rings. The molecule has 5 heteroatoms. The number of hydrogen-bond donors (Lipinski definition) is 1. The van der Waals surface area contributed by atoms with Gasteiger partial charge in [-0.2, -0.15) is 0 Å². The fourth-order valence-electron chi connectivity index (χ4n) is 4.21. The Labute approximate surface area is 157 Å². The molecule has 2 N–H and O–H groups in total. The highest BCUT2D eigenvalue weighted by molar-refractivity contribution is 5.85. The second-order valence-electron chi connectivity index (χ2n) is 7.56. The summed E-state index contributed by atoms with van der Waals surface area (Å²) in [6, 6.07) is 10.3. The largest absolute Gasteiger partial charge is 0.374 e. The van der Waals surface area contributed by atoms with Crippen LogP contribution in [0.1, 0.15) is 57.1 Å². The molecule has 25 heavy (non-hydrogen) atoms. The molecule has 1 aliphatic carbocycles. The number of morpholine rings is 1. The average molecular weight is 367 g/mol. The molecule has 1 heterocycles. The van der Waals surface area contributed by atoms with Gasteiger partial charge in [-0.05, 0) is 37.3 Å². The van der Waals surface area contributed by atoms with E-state index in [1.807, 2.05) is 30.0 Å². The lowest BCUT2D eigenvalue weighted by atomic mass is 9.71. The molecule has 1 saturated carbocycles. The first-order valence-electron chi connectivity index (χ1n) is 9.30. The number of carbonyl (C=O) groups is 1. The van der Waals surface area contributed by atoms with E-state index in [1.165, 1.54) is 19.3 Å². The Hall–Kier alpha value is -1.10. The zero-order valence-corrected chi connectivity index (χ0v) is 16.0. The average Bonchev–Trinajstić information content (AvgIpc) is 2.63. The van der Waals surface area contributed by atoms with Crippen LogP contribution in [0.25, 0.3) is 0 Å². The molecule has 0 aromatic heterocycles. The number of carbonyl (C=O) groups excluding carboxylic acids is 1. The van der Waals surface area contributed by atoms with Gasteiger partial charge in [0.25, 0.3) is 0 Å². The standard InChI is InChI=1S/C20H30N2O2.ClH/c1-16-13-22(18(14-24-16)17-8-4-2-5-9-17)19(23)12-20(15-21)10-6-3-7-11-20;/h2,4-5,8-9,16,18H,3,6-7,10-15,21H2,1H3;1H. The third-order valence-corrected chi connectivity index (χ3v) is 5.75. The van der Waals surface area contributed by atoms with Crippen molar-refractivity contribution in [1.82, 2.24) is 4.90 Å². The van der Waals surface area contributed by atoms with Crippen LogP contribution in [0.3, 0.4) is 0 Å². The van der Waals surface area contributed by atoms with Gasteiger partial charge in [0.15, 0.2) is 0 Å². The van der Waals surface area contributed by atoms with E-state index in [0.29, 0.717) is 26.1 Å². The summed E-state index contributed by atoms with van der Waals surface area (Å²) in [5.74, 6) is 0.242. The predicted molar refractivity (Wildman–Crippen MR) is 103 cm³/mol. The second-order valence-corrected chi connectivity index (χ2v) is 7.56. The van der Waals surface area contributed by atoms with Gasteiger partial charge in [-0.1, -0.05) is 49.6 Å². The van der Waals surface area contributed by atoms with Gasteiger partial charge in [0.1, 0.15) is 0 Å². The molecule has 0 bridgehead atoms. The summed E-state index contributed by atoms with van der Waals surface area (Å²) in [4.78, 5) is 15.2. The molecule has 1 aromatic carbocycles. The molecule has 2 fully saturated rings. The molecule has 1 saturated heterocycles. The number of ether oxygens (including phenoxy) is 1. The summed E-state index contributed by atoms with van der Waals surface area (Å²) in [7, 11) is 0. The highest BCUT2D eigenvalue weighted by atomic mass is 35.5. The highest BCUT2D eigenvalue weighted by Gasteiger charge is 2.38. The smallest absolute Gasteiger partial charge is 0.223 e. The van der Waals surface area contributed by atoms with Crippen LogP contribution in [0.4, 0.5) is 0 Å². The lowest BCUT2D eigenvalue weighted by Crippen LogP contribution is -2.49. The van der Waals surface area contributed by atoms with E-state index in [9.17, 15) is 4.79 Å². The first kappa shape index (κ1) is 20.2. The molecule has 2 unspecified atom stereocenters. The number of nitrogens with zero attached hydrogens (tertiary/aromatic N) is 1. The van der Waals surface area contributed by atoms with Crippen molar-refractivity contribution in [3.05, 3.63) is 35.9 Å². The molecular weight excluding hydrogens is 336 g/mol. The Bertz CT molecular complexity index is 546. The van der Waals surface area contributed by atoms with Gasteiger partial charge < -0.3 is 15.4 Å². The Kier molecular flexibility index (Phi) is 7.29. The molecule has 2 aliphatic rings. The van der Waals surface area contributed by atoms with Crippen molar-refractivity contribution in [2.45, 2.75) is 57.6 Å². The number of amides is 1. The first-order chi connectivity index (χ1) is 11.6. The van der Waals surface area contributed by atoms with Crippen LogP contribution in [0, 0.1) is 5.41 Å². The Balaban J connectivity index is 0.00000225. The van der Waals surface area contributed by atoms with Crippen LogP contribution in [0.2, 0.25) is 0 Å². The summed E-state index contributed by atoms with van der Waals surface area (Å²) in [6.45, 7) is 3.90. The topological polar surface area (TPSA) is 55.6 Å². The van der Waals surface area contributed by atoms with Gasteiger partial charge in [0, 0.05) is 13.0 Å². The number of benzene rings is 1. The van der Waals surface area contributed by atoms with Crippen LogP contribution in [-0.4, -0.2) is 36.6 Å². The molecule has 0 radical (unpaired) electrons. The van der Waals surface area contributed by atoms with Crippen molar-refractivity contribution in [3.63, 3.8) is 0 Å². The van der Waals surface area contributed by atoms with Crippen molar-refractivity contribution in [2.75, 3.05) is 19.7 Å². The normalized spacial score (nSPS) is 25.9. The van der Waals surface area contributed by atoms with Gasteiger partial charge in [0.2, 0.25) is 5.91 Å². The zero-order chi connectivity index (χ0) is 17.0. The zero-order valence-electron chi connectivity index (χ0n) is 15.2. The maximum Gasteiger partial charge on any atom is 0.223 e. The quantitative estimate of drug-likeness (QED) is 0.883. The van der Waals surface area contributed by atoms with Crippen LogP contribution in [0.15, 0.2) is 30.3 Å². The lowest BCUT2D eigenvalue weighted by molar-refractivity contribution is -0.147. The van der Waals surface area contributed by atoms with Crippen molar-refractivity contribution in [2.24, 2.45) is 11.1 Å². The van der Waals surface area contributed by atoms with E-state index in [4.69, 9.17) is 10.5 Å². The first-order valence-corrected chi connectivity index (χ1v) is 9.30. The Morgan fingerprint density at radius 2 is 1.92 bits per heavy atom. The van der Waals surface area contributed by atoms with Crippen molar-refractivity contribution >= 4 is 18.3 Å². The van der Waals surface area contributed by atoms with E-state index >= 15 is 0 Å². The summed E-state index contributed by atoms with van der Waals surface area (Å²) >= 11 is 0. The Morgan fingerprint density at radius 1 is 1.24 bits per heavy atom. The Morgan fingerprint density at radius 3 is 2.56 bits per heavy atom. The van der Waals surface area contributed by atoms with Gasteiger partial charge >= 0.3 is 0 Å². The van der Waals surface area contributed by atoms with Crippen LogP contribution in [-0.2, 0) is 9.53 Å². The van der Waals surface area contributed by atoms with Crippen LogP contribution >= 0.6 is 12.4 Å². The van der Waals surface area contributed by atoms with Gasteiger partial charge in [-0.15, -0.1) is 12.4 Å². The molecule has 2 atom stereocenters. The minimum Gasteiger partial charge on any atom is -0.374 e. The van der Waals surface area contributed by atoms with Gasteiger partial charge in [0.05, 0.1) is 18.8 Å². The van der Waals surface area contributed by atoms with Crippen LogP contribution in [0.5, 0.6) is 0 Å². The molecule has 1 aliphatic heterocycles. The third kappa shape index (κ3) is 4.75. The van der Waals surface area contributed by atoms with Crippen molar-refractivity contribution < 1.29 is 9.53 Å². The van der Waals surface area contributed by atoms with E-state index in [2.05, 4.69) is 12.1 Å². The highest BCUT2D eigenvalue weighted by Crippen LogP contribution is 2.40. The maximum atomic E-state index is 13.2. The minimum atomic E-state index is 0. The van der Waals surface area contributed by atoms with E-state index < -0.39 is 0 Å². The summed E-state index contributed by atoms with van der Waals surface area (Å²) in [5.41, 5.74) is 7.26. The molecule has 140 valence electrons. The summed E-state index contributed by atoms with van der Waals surface area (Å²) in [5, 5.41) is 0. The van der Waals surface area contributed by atoms with E-state index in [0.717, 1.165) is 18.4 Å². The summed E-state index contributed by atoms with van der Waals surface area (Å²) < 4.78 is 5.85. The van der Waals surface area contributed by atoms with Crippen molar-refractivity contribution in [1.29, 1.82) is 0 Å². The fraction of sp³-hybridized carbons (Fsp3) is 0.650. The monoisotopic (exact) mass is 366 g/mol. The van der Waals surface area contributed by atoms with Gasteiger partial charge in [-0.25, -0.2) is 0 Å². The number of halogens is 1. The SMILES string of the molecule is CC1CN(C(=O)CC2(CN)CCCCC2)C(c2ccccc2)CO1.Cl. The van der Waals surface area contributed by atoms with Gasteiger partial charge in [-0.3, -0.25) is 4.79 Å². The minimum absolute atomic E-state index is 0. The molecule has 3 rings (SSSR count). The number of nitrogens with two attached hydrogens (primary N) is 1. The maximum absolute atomic E-state index is 13.2. The predicted octanol–water partition coefficient (Wildman–Crippen LogP) is 3.70. The van der Waals surface area contributed by atoms with E-state index in [-0.39, 0.29) is 35.9 Å². The number of hydrogen-bond acceptors (Lipinski definition) is 3.